The van der Waals surface area contributed by atoms with Gasteiger partial charge in [0.1, 0.15) is 11.1 Å². The summed E-state index contributed by atoms with van der Waals surface area (Å²) in [7, 11) is -0.922. The second kappa shape index (κ2) is 10.4. The molecule has 0 saturated heterocycles. The summed E-state index contributed by atoms with van der Waals surface area (Å²) in [6.45, 7) is 4.15. The summed E-state index contributed by atoms with van der Waals surface area (Å²) >= 11 is 1.42. The van der Waals surface area contributed by atoms with Crippen LogP contribution in [0.5, 0.6) is 0 Å². The molecule has 0 radical (unpaired) electrons. The maximum atomic E-state index is 12.3. The third kappa shape index (κ3) is 5.56. The van der Waals surface area contributed by atoms with Gasteiger partial charge in [0.15, 0.2) is 0 Å². The third-order valence-corrected chi connectivity index (χ3v) is 7.42. The molecule has 0 aliphatic carbocycles. The zero-order valence-corrected chi connectivity index (χ0v) is 18.4. The average molecular weight is 421 g/mol. The summed E-state index contributed by atoms with van der Waals surface area (Å²) in [6.07, 6.45) is 1.98. The Labute approximate surface area is 179 Å². The van der Waals surface area contributed by atoms with Crippen molar-refractivity contribution in [3.05, 3.63) is 71.8 Å². The molecule has 1 aromatic heterocycles. The van der Waals surface area contributed by atoms with Crippen LogP contribution >= 0.6 is 11.8 Å². The Morgan fingerprint density at radius 1 is 1.07 bits per heavy atom. The van der Waals surface area contributed by atoms with E-state index >= 15 is 0 Å². The average Bonchev–Trinajstić information content (AvgIpc) is 2.76. The van der Waals surface area contributed by atoms with Crippen molar-refractivity contribution in [3.8, 4) is 28.5 Å². The molecule has 0 aliphatic heterocycles. The number of aromatic nitrogens is 1. The highest BCUT2D eigenvalue weighted by Gasteiger charge is 2.16. The molecule has 0 aliphatic rings. The predicted molar refractivity (Wildman–Crippen MR) is 123 cm³/mol. The van der Waals surface area contributed by atoms with E-state index in [0.717, 1.165) is 35.2 Å². The van der Waals surface area contributed by atoms with Crippen molar-refractivity contribution < 1.29 is 4.21 Å². The molecule has 0 saturated carbocycles. The number of rotatable bonds is 8. The monoisotopic (exact) mass is 420 g/mol. The molecule has 29 heavy (non-hydrogen) atoms. The van der Waals surface area contributed by atoms with Crippen LogP contribution < -0.4 is 0 Å². The van der Waals surface area contributed by atoms with Gasteiger partial charge in [-0.25, -0.2) is 4.98 Å². The molecule has 3 rings (SSSR count). The quantitative estimate of drug-likeness (QED) is 0.407. The fraction of sp³-hybridized carbons (Fsp3) is 0.250. The van der Waals surface area contributed by atoms with E-state index in [1.54, 1.807) is 0 Å². The molecule has 1 atom stereocenters. The van der Waals surface area contributed by atoms with Gasteiger partial charge in [0.05, 0.1) is 16.3 Å². The highest BCUT2D eigenvalue weighted by Crippen LogP contribution is 2.34. The lowest BCUT2D eigenvalue weighted by molar-refractivity contribution is 0.682. The maximum Gasteiger partial charge on any atom is 0.116 e. The SMILES string of the molecule is CCCCS(=O)CSc1nc(-c2ccc(C)cc2)cc(-c2ccccc2)c1C#N. The molecule has 3 nitrogen and oxygen atoms in total. The molecule has 0 fully saturated rings. The Morgan fingerprint density at radius 2 is 1.79 bits per heavy atom. The molecule has 2 aromatic carbocycles. The normalized spacial score (nSPS) is 11.8. The number of hydrogen-bond acceptors (Lipinski definition) is 4. The van der Waals surface area contributed by atoms with Gasteiger partial charge >= 0.3 is 0 Å². The Hall–Kier alpha value is -2.42. The van der Waals surface area contributed by atoms with E-state index in [2.05, 4.69) is 32.0 Å². The van der Waals surface area contributed by atoms with Gasteiger partial charge in [0.25, 0.3) is 0 Å². The van der Waals surface area contributed by atoms with Gasteiger partial charge in [-0.1, -0.05) is 85.3 Å². The highest BCUT2D eigenvalue weighted by molar-refractivity contribution is 8.10. The molecule has 0 amide bonds. The lowest BCUT2D eigenvalue weighted by atomic mass is 9.99. The Kier molecular flexibility index (Phi) is 7.62. The minimum atomic E-state index is -0.922. The van der Waals surface area contributed by atoms with Crippen molar-refractivity contribution in [3.63, 3.8) is 0 Å². The van der Waals surface area contributed by atoms with Gasteiger partial charge in [-0.05, 0) is 25.0 Å². The van der Waals surface area contributed by atoms with Gasteiger partial charge < -0.3 is 0 Å². The van der Waals surface area contributed by atoms with E-state index in [1.165, 1.54) is 17.3 Å². The fourth-order valence-corrected chi connectivity index (χ4v) is 5.45. The molecule has 3 aromatic rings. The summed E-state index contributed by atoms with van der Waals surface area (Å²) in [6, 6.07) is 22.4. The van der Waals surface area contributed by atoms with E-state index < -0.39 is 10.8 Å². The van der Waals surface area contributed by atoms with E-state index in [-0.39, 0.29) is 0 Å². The van der Waals surface area contributed by atoms with Gasteiger partial charge in [-0.2, -0.15) is 5.26 Å². The van der Waals surface area contributed by atoms with E-state index in [4.69, 9.17) is 4.98 Å². The van der Waals surface area contributed by atoms with Crippen LogP contribution in [0.3, 0.4) is 0 Å². The summed E-state index contributed by atoms with van der Waals surface area (Å²) in [5.74, 6) is 0.689. The second-order valence-electron chi connectivity index (χ2n) is 6.84. The van der Waals surface area contributed by atoms with Crippen molar-refractivity contribution in [1.29, 1.82) is 5.26 Å². The van der Waals surface area contributed by atoms with Crippen molar-refractivity contribution in [1.82, 2.24) is 4.98 Å². The predicted octanol–water partition coefficient (Wildman–Crippen LogP) is 6.19. The minimum Gasteiger partial charge on any atom is -0.259 e. The first-order valence-electron chi connectivity index (χ1n) is 9.67. The van der Waals surface area contributed by atoms with Crippen LogP contribution in [0.1, 0.15) is 30.9 Å². The molecule has 148 valence electrons. The van der Waals surface area contributed by atoms with Gasteiger partial charge in [0.2, 0.25) is 0 Å². The molecule has 1 unspecified atom stereocenters. The maximum absolute atomic E-state index is 12.3. The number of nitriles is 1. The number of pyridine rings is 1. The lowest BCUT2D eigenvalue weighted by Gasteiger charge is -2.13. The molecule has 5 heteroatoms. The van der Waals surface area contributed by atoms with Crippen molar-refractivity contribution in [2.45, 2.75) is 31.7 Å². The first-order chi connectivity index (χ1) is 14.1. The van der Waals surface area contributed by atoms with Crippen molar-refractivity contribution in [2.24, 2.45) is 0 Å². The molecular formula is C24H24N2OS2. The zero-order valence-electron chi connectivity index (χ0n) is 16.7. The zero-order chi connectivity index (χ0) is 20.6. The van der Waals surface area contributed by atoms with Crippen LogP contribution in [0.2, 0.25) is 0 Å². The van der Waals surface area contributed by atoms with E-state index in [1.807, 2.05) is 48.5 Å². The Bertz CT molecular complexity index is 1030. The summed E-state index contributed by atoms with van der Waals surface area (Å²) in [4.78, 5) is 4.79. The molecule has 0 N–H and O–H groups in total. The number of aryl methyl sites for hydroxylation is 1. The van der Waals surface area contributed by atoms with Gasteiger partial charge in [-0.15, -0.1) is 0 Å². The van der Waals surface area contributed by atoms with Gasteiger partial charge in [0, 0.05) is 27.7 Å². The molecular weight excluding hydrogens is 396 g/mol. The van der Waals surface area contributed by atoms with Crippen molar-refractivity contribution in [2.75, 3.05) is 10.8 Å². The molecule has 0 bridgehead atoms. The van der Waals surface area contributed by atoms with Crippen LogP contribution in [0.25, 0.3) is 22.4 Å². The van der Waals surface area contributed by atoms with Crippen LogP contribution in [0, 0.1) is 18.3 Å². The Balaban J connectivity index is 2.05. The van der Waals surface area contributed by atoms with E-state index in [0.29, 0.717) is 21.4 Å². The number of benzene rings is 2. The fourth-order valence-electron chi connectivity index (χ4n) is 2.94. The Morgan fingerprint density at radius 3 is 2.45 bits per heavy atom. The smallest absolute Gasteiger partial charge is 0.116 e. The number of nitrogens with zero attached hydrogens (tertiary/aromatic N) is 2. The summed E-state index contributed by atoms with van der Waals surface area (Å²) in [5, 5.41) is 11.0. The number of hydrogen-bond donors (Lipinski definition) is 0. The first-order valence-corrected chi connectivity index (χ1v) is 12.1. The highest BCUT2D eigenvalue weighted by atomic mass is 32.2. The van der Waals surface area contributed by atoms with Crippen LogP contribution in [0.4, 0.5) is 0 Å². The largest absolute Gasteiger partial charge is 0.259 e. The summed E-state index contributed by atoms with van der Waals surface area (Å²) in [5.41, 5.74) is 5.40. The van der Waals surface area contributed by atoms with Gasteiger partial charge in [-0.3, -0.25) is 4.21 Å². The summed E-state index contributed by atoms with van der Waals surface area (Å²) < 4.78 is 12.3. The topological polar surface area (TPSA) is 53.8 Å². The van der Waals surface area contributed by atoms with Crippen LogP contribution in [0.15, 0.2) is 65.7 Å². The second-order valence-corrected chi connectivity index (χ2v) is 9.74. The third-order valence-electron chi connectivity index (χ3n) is 4.58. The van der Waals surface area contributed by atoms with Crippen LogP contribution in [-0.2, 0) is 10.8 Å². The van der Waals surface area contributed by atoms with Crippen LogP contribution in [-0.4, -0.2) is 20.0 Å². The van der Waals surface area contributed by atoms with Crippen molar-refractivity contribution >= 4 is 22.6 Å². The molecule has 0 spiro atoms. The number of unbranched alkanes of at least 4 members (excludes halogenated alkanes) is 1. The first kappa shape index (κ1) is 21.3. The van der Waals surface area contributed by atoms with E-state index in [9.17, 15) is 9.47 Å². The molecule has 1 heterocycles. The standard InChI is InChI=1S/C24H24N2OS2/c1-3-4-14-29(27)17-28-24-22(16-25)21(19-8-6-5-7-9-19)15-23(26-24)20-12-10-18(2)11-13-20/h5-13,15H,3-4,14,17H2,1-2H3. The lowest BCUT2D eigenvalue weighted by Crippen LogP contribution is -2.02. The number of thioether (sulfide) groups is 1. The minimum absolute atomic E-state index is 0.452.